The van der Waals surface area contributed by atoms with Crippen LogP contribution in [0.4, 0.5) is 5.69 Å². The Hall–Kier alpha value is -1.31. The van der Waals surface area contributed by atoms with Gasteiger partial charge in [-0.15, -0.1) is 24.0 Å². The topological polar surface area (TPSA) is 110 Å². The highest BCUT2D eigenvalue weighted by molar-refractivity contribution is 14.0. The van der Waals surface area contributed by atoms with Crippen molar-refractivity contribution < 1.29 is 22.6 Å². The fraction of sp³-hybridized carbons (Fsp3) is 0.650. The number of hydrogen-bond donors (Lipinski definition) is 3. The molecule has 0 saturated carbocycles. The van der Waals surface area contributed by atoms with Gasteiger partial charge in [-0.2, -0.15) is 0 Å². The molecule has 3 rings (SSSR count). The molecule has 0 amide bonds. The van der Waals surface area contributed by atoms with E-state index < -0.39 is 10.0 Å². The number of nitrogens with one attached hydrogen (secondary N) is 3. The molecule has 0 aliphatic carbocycles. The molecule has 2 aliphatic rings. The maximum absolute atomic E-state index is 12.3. The highest BCUT2D eigenvalue weighted by Gasteiger charge is 2.17. The van der Waals surface area contributed by atoms with Crippen LogP contribution < -0.4 is 24.8 Å². The fourth-order valence-electron chi connectivity index (χ4n) is 3.22. The second kappa shape index (κ2) is 13.3. The molecule has 0 radical (unpaired) electrons. The Bertz CT molecular complexity index is 816. The molecule has 11 heteroatoms. The number of fused-ring (bicyclic) bond motifs is 1. The maximum Gasteiger partial charge on any atom is 0.213 e. The summed E-state index contributed by atoms with van der Waals surface area (Å²) >= 11 is 0. The minimum atomic E-state index is -3.41. The molecule has 1 aromatic rings. The first-order chi connectivity index (χ1) is 14.6. The standard InChI is InChI=1S/C20H32N4O5S.HI/c1-2-21-20(24-16-7-8-18-19(14-16)29-12-5-11-28-18)22-9-13-30(25,26)23-15-17-6-3-4-10-27-17;/h7-8,14,17,23H,2-6,9-13,15H2,1H3,(H2,21,22,24);1H. The average molecular weight is 568 g/mol. The van der Waals surface area contributed by atoms with Crippen molar-refractivity contribution in [2.45, 2.75) is 38.7 Å². The summed E-state index contributed by atoms with van der Waals surface area (Å²) in [7, 11) is -3.41. The van der Waals surface area contributed by atoms with E-state index in [9.17, 15) is 8.42 Å². The van der Waals surface area contributed by atoms with Crippen LogP contribution in [0.3, 0.4) is 0 Å². The summed E-state index contributed by atoms with van der Waals surface area (Å²) in [6.07, 6.45) is 3.83. The number of hydrogen-bond acceptors (Lipinski definition) is 6. The van der Waals surface area contributed by atoms with Gasteiger partial charge in [0.2, 0.25) is 10.0 Å². The largest absolute Gasteiger partial charge is 0.490 e. The van der Waals surface area contributed by atoms with Crippen molar-refractivity contribution >= 4 is 45.6 Å². The SMILES string of the molecule is CCNC(=NCCS(=O)(=O)NCC1CCCCO1)Nc1ccc2c(c1)OCCCO2.I. The molecule has 2 aliphatic heterocycles. The molecule has 1 atom stereocenters. The summed E-state index contributed by atoms with van der Waals surface area (Å²) in [5, 5.41) is 6.31. The van der Waals surface area contributed by atoms with E-state index >= 15 is 0 Å². The lowest BCUT2D eigenvalue weighted by atomic mass is 10.1. The van der Waals surface area contributed by atoms with Gasteiger partial charge in [-0.05, 0) is 38.3 Å². The molecule has 9 nitrogen and oxygen atoms in total. The third kappa shape index (κ3) is 8.99. The van der Waals surface area contributed by atoms with E-state index in [-0.39, 0.29) is 42.4 Å². The Kier molecular flexibility index (Phi) is 11.1. The van der Waals surface area contributed by atoms with Crippen LogP contribution in [0.1, 0.15) is 32.6 Å². The van der Waals surface area contributed by atoms with Gasteiger partial charge in [-0.3, -0.25) is 4.99 Å². The van der Waals surface area contributed by atoms with Crippen LogP contribution >= 0.6 is 24.0 Å². The van der Waals surface area contributed by atoms with Gasteiger partial charge in [0.1, 0.15) is 0 Å². The number of aliphatic imine (C=N–C) groups is 1. The highest BCUT2D eigenvalue weighted by atomic mass is 127. The van der Waals surface area contributed by atoms with E-state index in [1.165, 1.54) is 0 Å². The summed E-state index contributed by atoms with van der Waals surface area (Å²) in [6.45, 7) is 5.02. The van der Waals surface area contributed by atoms with Crippen LogP contribution in [-0.2, 0) is 14.8 Å². The number of guanidine groups is 1. The first-order valence-electron chi connectivity index (χ1n) is 10.6. The van der Waals surface area contributed by atoms with Gasteiger partial charge in [-0.1, -0.05) is 0 Å². The van der Waals surface area contributed by atoms with E-state index in [0.717, 1.165) is 37.1 Å². The summed E-state index contributed by atoms with van der Waals surface area (Å²) in [4.78, 5) is 4.39. The van der Waals surface area contributed by atoms with Crippen LogP contribution in [0.15, 0.2) is 23.2 Å². The molecule has 2 heterocycles. The molecular formula is C20H33IN4O5S. The quantitative estimate of drug-likeness (QED) is 0.251. The van der Waals surface area contributed by atoms with Crippen molar-refractivity contribution in [1.82, 2.24) is 10.0 Å². The zero-order valence-corrected chi connectivity index (χ0v) is 21.0. The molecule has 0 bridgehead atoms. The predicted octanol–water partition coefficient (Wildman–Crippen LogP) is 2.33. The fourth-order valence-corrected chi connectivity index (χ4v) is 4.14. The van der Waals surface area contributed by atoms with Crippen molar-refractivity contribution in [1.29, 1.82) is 0 Å². The Balaban J connectivity index is 0.00000341. The van der Waals surface area contributed by atoms with Gasteiger partial charge < -0.3 is 24.8 Å². The zero-order chi connectivity index (χ0) is 21.2. The third-order valence-corrected chi connectivity index (χ3v) is 6.12. The second-order valence-corrected chi connectivity index (χ2v) is 9.18. The molecule has 31 heavy (non-hydrogen) atoms. The van der Waals surface area contributed by atoms with Gasteiger partial charge in [0.25, 0.3) is 0 Å². The van der Waals surface area contributed by atoms with Crippen LogP contribution in [0.25, 0.3) is 0 Å². The predicted molar refractivity (Wildman–Crippen MR) is 132 cm³/mol. The molecule has 1 unspecified atom stereocenters. The van der Waals surface area contributed by atoms with E-state index in [4.69, 9.17) is 14.2 Å². The van der Waals surface area contributed by atoms with Crippen molar-refractivity contribution in [3.63, 3.8) is 0 Å². The zero-order valence-electron chi connectivity index (χ0n) is 17.9. The normalized spacial score (nSPS) is 19.1. The molecule has 1 fully saturated rings. The van der Waals surface area contributed by atoms with Crippen LogP contribution in [-0.4, -0.2) is 65.7 Å². The van der Waals surface area contributed by atoms with Crippen LogP contribution in [0.5, 0.6) is 11.5 Å². The summed E-state index contributed by atoms with van der Waals surface area (Å²) in [5.41, 5.74) is 0.786. The van der Waals surface area contributed by atoms with Crippen molar-refractivity contribution in [3.05, 3.63) is 18.2 Å². The summed E-state index contributed by atoms with van der Waals surface area (Å²) < 4.78 is 44.1. The summed E-state index contributed by atoms with van der Waals surface area (Å²) in [5.74, 6) is 1.83. The van der Waals surface area contributed by atoms with Crippen LogP contribution in [0, 0.1) is 0 Å². The minimum Gasteiger partial charge on any atom is -0.490 e. The van der Waals surface area contributed by atoms with E-state index in [0.29, 0.717) is 44.6 Å². The van der Waals surface area contributed by atoms with Gasteiger partial charge in [-0.25, -0.2) is 13.1 Å². The first-order valence-corrected chi connectivity index (χ1v) is 12.2. The van der Waals surface area contributed by atoms with Crippen molar-refractivity contribution in [2.24, 2.45) is 4.99 Å². The minimum absolute atomic E-state index is 0. The molecule has 0 aromatic heterocycles. The van der Waals surface area contributed by atoms with Crippen LogP contribution in [0.2, 0.25) is 0 Å². The maximum atomic E-state index is 12.3. The Morgan fingerprint density at radius 2 is 1.94 bits per heavy atom. The Morgan fingerprint density at radius 3 is 2.68 bits per heavy atom. The number of anilines is 1. The number of halogens is 1. The Morgan fingerprint density at radius 1 is 1.13 bits per heavy atom. The highest BCUT2D eigenvalue weighted by Crippen LogP contribution is 2.32. The molecule has 1 aromatic carbocycles. The monoisotopic (exact) mass is 568 g/mol. The molecule has 1 saturated heterocycles. The molecular weight excluding hydrogens is 535 g/mol. The van der Waals surface area contributed by atoms with E-state index in [1.807, 2.05) is 25.1 Å². The number of nitrogens with zero attached hydrogens (tertiary/aromatic N) is 1. The average Bonchev–Trinajstić information content (AvgIpc) is 2.98. The molecule has 3 N–H and O–H groups in total. The lowest BCUT2D eigenvalue weighted by molar-refractivity contribution is 0.0200. The first kappa shape index (κ1) is 25.9. The van der Waals surface area contributed by atoms with Crippen molar-refractivity contribution in [3.8, 4) is 11.5 Å². The number of sulfonamides is 1. The molecule has 0 spiro atoms. The number of ether oxygens (including phenoxy) is 3. The molecule has 176 valence electrons. The second-order valence-electron chi connectivity index (χ2n) is 7.25. The summed E-state index contributed by atoms with van der Waals surface area (Å²) in [6, 6.07) is 5.59. The van der Waals surface area contributed by atoms with Gasteiger partial charge in [0.05, 0.1) is 31.6 Å². The van der Waals surface area contributed by atoms with E-state index in [1.54, 1.807) is 0 Å². The van der Waals surface area contributed by atoms with Crippen molar-refractivity contribution in [2.75, 3.05) is 50.5 Å². The number of rotatable bonds is 8. The van der Waals surface area contributed by atoms with Gasteiger partial charge >= 0.3 is 0 Å². The third-order valence-electron chi connectivity index (χ3n) is 4.79. The van der Waals surface area contributed by atoms with E-state index in [2.05, 4.69) is 20.3 Å². The lowest BCUT2D eigenvalue weighted by Crippen LogP contribution is -2.37. The van der Waals surface area contributed by atoms with Gasteiger partial charge in [0, 0.05) is 37.9 Å². The van der Waals surface area contributed by atoms with Gasteiger partial charge in [0.15, 0.2) is 17.5 Å². The lowest BCUT2D eigenvalue weighted by Gasteiger charge is -2.22. The smallest absolute Gasteiger partial charge is 0.213 e. The Labute approximate surface area is 201 Å². The number of benzene rings is 1.